The number of nitrogens with two attached hydrogens (primary N) is 1. The molecule has 0 aliphatic heterocycles. The first-order valence-electron chi connectivity index (χ1n) is 3.77. The van der Waals surface area contributed by atoms with Crippen molar-refractivity contribution in [2.24, 2.45) is 5.73 Å². The Morgan fingerprint density at radius 3 is 2.33 bits per heavy atom. The van der Waals surface area contributed by atoms with Crippen LogP contribution in [0.1, 0.15) is 5.56 Å². The van der Waals surface area contributed by atoms with Crippen LogP contribution in [-0.4, -0.2) is 17.5 Å². The lowest BCUT2D eigenvalue weighted by atomic mass is 9.96. The number of benzene rings is 1. The first-order valence-corrected chi connectivity index (χ1v) is 4.30. The van der Waals surface area contributed by atoms with E-state index in [2.05, 4.69) is 0 Å². The van der Waals surface area contributed by atoms with Crippen LogP contribution in [0.5, 0.6) is 0 Å². The fraction of sp³-hybridized carbons (Fsp3) is 0.333. The van der Waals surface area contributed by atoms with E-state index in [-0.39, 0.29) is 12.4 Å². The summed E-state index contributed by atoms with van der Waals surface area (Å²) in [6.07, 6.45) is 0. The summed E-state index contributed by atoms with van der Waals surface area (Å²) in [4.78, 5) is 0. The highest BCUT2D eigenvalue weighted by atomic mass is 35.5. The van der Waals surface area contributed by atoms with Crippen molar-refractivity contribution >= 4 is 11.6 Å². The van der Waals surface area contributed by atoms with Crippen LogP contribution in [0.2, 0.25) is 0 Å². The fourth-order valence-electron chi connectivity index (χ4n) is 0.998. The van der Waals surface area contributed by atoms with Crippen molar-refractivity contribution in [2.45, 2.75) is 5.60 Å². The smallest absolute Gasteiger partial charge is 0.115 e. The van der Waals surface area contributed by atoms with Crippen LogP contribution in [0.3, 0.4) is 0 Å². The molecule has 1 aromatic rings. The van der Waals surface area contributed by atoms with Crippen LogP contribution in [0.4, 0.5) is 0 Å². The predicted octanol–water partition coefficient (Wildman–Crippen LogP) is 1.07. The zero-order valence-corrected chi connectivity index (χ0v) is 7.46. The van der Waals surface area contributed by atoms with Gasteiger partial charge in [0.2, 0.25) is 0 Å². The zero-order chi connectivity index (χ0) is 9.03. The summed E-state index contributed by atoms with van der Waals surface area (Å²) >= 11 is 5.61. The van der Waals surface area contributed by atoms with Gasteiger partial charge in [-0.3, -0.25) is 0 Å². The molecule has 0 saturated carbocycles. The molecular formula is C9H12ClNO. The average Bonchev–Trinajstić information content (AvgIpc) is 2.18. The van der Waals surface area contributed by atoms with Gasteiger partial charge in [-0.2, -0.15) is 0 Å². The standard InChI is InChI=1S/C9H12ClNO/c10-6-9(12,7-11)8-4-2-1-3-5-8/h1-5,12H,6-7,11H2/t9-/m0/s1. The van der Waals surface area contributed by atoms with Crippen LogP contribution in [0, 0.1) is 0 Å². The summed E-state index contributed by atoms with van der Waals surface area (Å²) in [6, 6.07) is 9.21. The first-order chi connectivity index (χ1) is 5.73. The summed E-state index contributed by atoms with van der Waals surface area (Å²) in [5, 5.41) is 9.84. The second-order valence-corrected chi connectivity index (χ2v) is 3.00. The normalized spacial score (nSPS) is 15.6. The summed E-state index contributed by atoms with van der Waals surface area (Å²) in [6.45, 7) is 0.139. The zero-order valence-electron chi connectivity index (χ0n) is 6.70. The first kappa shape index (κ1) is 9.52. The van der Waals surface area contributed by atoms with Gasteiger partial charge in [-0.1, -0.05) is 30.3 Å². The Hall–Kier alpha value is -0.570. The molecule has 0 spiro atoms. The Labute approximate surface area is 77.0 Å². The third-order valence-corrected chi connectivity index (χ3v) is 2.31. The van der Waals surface area contributed by atoms with Crippen LogP contribution < -0.4 is 5.73 Å². The third kappa shape index (κ3) is 1.78. The second-order valence-electron chi connectivity index (χ2n) is 2.74. The van der Waals surface area contributed by atoms with Gasteiger partial charge in [0, 0.05) is 6.54 Å². The number of alkyl halides is 1. The van der Waals surface area contributed by atoms with E-state index < -0.39 is 5.60 Å². The lowest BCUT2D eigenvalue weighted by Gasteiger charge is -2.23. The van der Waals surface area contributed by atoms with Crippen molar-refractivity contribution in [3.8, 4) is 0 Å². The summed E-state index contributed by atoms with van der Waals surface area (Å²) < 4.78 is 0. The molecule has 0 radical (unpaired) electrons. The molecule has 0 bridgehead atoms. The van der Waals surface area contributed by atoms with E-state index in [0.29, 0.717) is 0 Å². The van der Waals surface area contributed by atoms with Crippen molar-refractivity contribution in [1.29, 1.82) is 0 Å². The van der Waals surface area contributed by atoms with E-state index in [1.54, 1.807) is 0 Å². The summed E-state index contributed by atoms with van der Waals surface area (Å²) in [5.41, 5.74) is 5.10. The molecule has 3 heteroatoms. The maximum absolute atomic E-state index is 9.84. The van der Waals surface area contributed by atoms with Gasteiger partial charge in [0.15, 0.2) is 0 Å². The van der Waals surface area contributed by atoms with Crippen molar-refractivity contribution in [3.05, 3.63) is 35.9 Å². The minimum absolute atomic E-state index is 0.119. The van der Waals surface area contributed by atoms with E-state index in [4.69, 9.17) is 17.3 Å². The lowest BCUT2D eigenvalue weighted by molar-refractivity contribution is 0.0706. The summed E-state index contributed by atoms with van der Waals surface area (Å²) in [7, 11) is 0. The van der Waals surface area contributed by atoms with Gasteiger partial charge in [-0.05, 0) is 5.56 Å². The molecule has 66 valence electrons. The molecule has 12 heavy (non-hydrogen) atoms. The van der Waals surface area contributed by atoms with Gasteiger partial charge < -0.3 is 10.8 Å². The molecule has 0 aliphatic rings. The largest absolute Gasteiger partial charge is 0.383 e. The van der Waals surface area contributed by atoms with E-state index in [1.807, 2.05) is 30.3 Å². The Bertz CT molecular complexity index is 234. The molecule has 2 nitrogen and oxygen atoms in total. The minimum Gasteiger partial charge on any atom is -0.383 e. The lowest BCUT2D eigenvalue weighted by Crippen LogP contribution is -2.36. The van der Waals surface area contributed by atoms with Crippen LogP contribution in [0.25, 0.3) is 0 Å². The van der Waals surface area contributed by atoms with Gasteiger partial charge in [-0.25, -0.2) is 0 Å². The van der Waals surface area contributed by atoms with Gasteiger partial charge in [-0.15, -0.1) is 11.6 Å². The number of hydrogen-bond donors (Lipinski definition) is 2. The van der Waals surface area contributed by atoms with Crippen molar-refractivity contribution in [1.82, 2.24) is 0 Å². The Kier molecular flexibility index (Phi) is 3.09. The topological polar surface area (TPSA) is 46.2 Å². The SMILES string of the molecule is NC[C@@](O)(CCl)c1ccccc1. The Balaban J connectivity index is 2.95. The van der Waals surface area contributed by atoms with Crippen LogP contribution >= 0.6 is 11.6 Å². The quantitative estimate of drug-likeness (QED) is 0.693. The molecule has 0 aliphatic carbocycles. The molecule has 0 heterocycles. The van der Waals surface area contributed by atoms with E-state index in [1.165, 1.54) is 0 Å². The molecule has 1 aromatic carbocycles. The molecule has 0 unspecified atom stereocenters. The molecule has 0 amide bonds. The number of rotatable bonds is 3. The Morgan fingerprint density at radius 2 is 1.92 bits per heavy atom. The monoisotopic (exact) mass is 185 g/mol. The van der Waals surface area contributed by atoms with E-state index in [9.17, 15) is 5.11 Å². The van der Waals surface area contributed by atoms with Gasteiger partial charge in [0.1, 0.15) is 5.60 Å². The molecule has 3 N–H and O–H groups in total. The number of halogens is 1. The second kappa shape index (κ2) is 3.90. The van der Waals surface area contributed by atoms with Gasteiger partial charge in [0.05, 0.1) is 5.88 Å². The van der Waals surface area contributed by atoms with Crippen molar-refractivity contribution in [2.75, 3.05) is 12.4 Å². The molecule has 0 saturated heterocycles. The highest BCUT2D eigenvalue weighted by molar-refractivity contribution is 6.18. The molecular weight excluding hydrogens is 174 g/mol. The van der Waals surface area contributed by atoms with E-state index in [0.717, 1.165) is 5.56 Å². The van der Waals surface area contributed by atoms with Crippen molar-refractivity contribution < 1.29 is 5.11 Å². The highest BCUT2D eigenvalue weighted by Crippen LogP contribution is 2.20. The fourth-order valence-corrected chi connectivity index (χ4v) is 1.26. The highest BCUT2D eigenvalue weighted by Gasteiger charge is 2.25. The van der Waals surface area contributed by atoms with E-state index >= 15 is 0 Å². The third-order valence-electron chi connectivity index (χ3n) is 1.87. The molecule has 1 atom stereocenters. The maximum Gasteiger partial charge on any atom is 0.115 e. The Morgan fingerprint density at radius 1 is 1.33 bits per heavy atom. The number of aliphatic hydroxyl groups is 1. The number of hydrogen-bond acceptors (Lipinski definition) is 2. The molecule has 0 fully saturated rings. The minimum atomic E-state index is -1.08. The van der Waals surface area contributed by atoms with Crippen LogP contribution in [-0.2, 0) is 5.60 Å². The average molecular weight is 186 g/mol. The maximum atomic E-state index is 9.84. The summed E-state index contributed by atoms with van der Waals surface area (Å²) in [5.74, 6) is 0.119. The van der Waals surface area contributed by atoms with Gasteiger partial charge in [0.25, 0.3) is 0 Å². The predicted molar refractivity (Wildman–Crippen MR) is 50.1 cm³/mol. The molecule has 0 aromatic heterocycles. The van der Waals surface area contributed by atoms with Crippen LogP contribution in [0.15, 0.2) is 30.3 Å². The van der Waals surface area contributed by atoms with Gasteiger partial charge >= 0.3 is 0 Å². The molecule has 1 rings (SSSR count). The van der Waals surface area contributed by atoms with Crippen molar-refractivity contribution in [3.63, 3.8) is 0 Å².